The number of piperazine rings is 1. The van der Waals surface area contributed by atoms with Gasteiger partial charge in [0, 0.05) is 19.1 Å². The predicted molar refractivity (Wildman–Crippen MR) is 77.8 cm³/mol. The van der Waals surface area contributed by atoms with Gasteiger partial charge in [-0.05, 0) is 19.3 Å². The number of carboxylic acids is 1. The molecule has 0 aromatic carbocycles. The predicted octanol–water partition coefficient (Wildman–Crippen LogP) is 0.796. The molecule has 21 heavy (non-hydrogen) atoms. The van der Waals surface area contributed by atoms with Gasteiger partial charge >= 0.3 is 12.0 Å². The van der Waals surface area contributed by atoms with Gasteiger partial charge in [-0.1, -0.05) is 20.8 Å². The number of aliphatic carboxylic acids is 1. The average molecular weight is 299 g/mol. The van der Waals surface area contributed by atoms with E-state index in [-0.39, 0.29) is 12.3 Å². The van der Waals surface area contributed by atoms with E-state index in [1.807, 2.05) is 20.8 Å². The minimum absolute atomic E-state index is 0.157. The Morgan fingerprint density at radius 2 is 2.00 bits per heavy atom. The van der Waals surface area contributed by atoms with E-state index in [0.717, 1.165) is 0 Å². The van der Waals surface area contributed by atoms with E-state index in [4.69, 9.17) is 5.11 Å². The standard InChI is InChI=1S/C14H25N3O4/c1-13(2,3)9(8-10(18)19)16-12(21)17-7-6-15-11(20)14(17,4)5/h9H,6-8H2,1-5H3,(H,15,20)(H,16,21)(H,18,19). The van der Waals surface area contributed by atoms with Crippen molar-refractivity contribution in [3.05, 3.63) is 0 Å². The zero-order valence-corrected chi connectivity index (χ0v) is 13.3. The van der Waals surface area contributed by atoms with E-state index in [1.54, 1.807) is 13.8 Å². The highest BCUT2D eigenvalue weighted by atomic mass is 16.4. The molecule has 0 aliphatic carbocycles. The van der Waals surface area contributed by atoms with Gasteiger partial charge in [0.25, 0.3) is 0 Å². The largest absolute Gasteiger partial charge is 0.481 e. The van der Waals surface area contributed by atoms with Gasteiger partial charge in [0.1, 0.15) is 5.54 Å². The van der Waals surface area contributed by atoms with Crippen molar-refractivity contribution in [2.24, 2.45) is 5.41 Å². The number of nitrogens with zero attached hydrogens (tertiary/aromatic N) is 1. The molecule has 0 bridgehead atoms. The zero-order chi connectivity index (χ0) is 16.4. The summed E-state index contributed by atoms with van der Waals surface area (Å²) in [4.78, 5) is 36.7. The summed E-state index contributed by atoms with van der Waals surface area (Å²) in [5.41, 5.74) is -1.34. The molecule has 1 atom stereocenters. The van der Waals surface area contributed by atoms with Gasteiger partial charge in [0.2, 0.25) is 5.91 Å². The van der Waals surface area contributed by atoms with Crippen molar-refractivity contribution < 1.29 is 19.5 Å². The van der Waals surface area contributed by atoms with Crippen LogP contribution in [0.2, 0.25) is 0 Å². The van der Waals surface area contributed by atoms with Gasteiger partial charge in [-0.25, -0.2) is 4.79 Å². The first-order valence-electron chi connectivity index (χ1n) is 7.04. The molecule has 0 spiro atoms. The Bertz CT molecular complexity index is 440. The molecule has 0 aromatic heterocycles. The molecule has 0 saturated carbocycles. The van der Waals surface area contributed by atoms with Crippen LogP contribution in [0.15, 0.2) is 0 Å². The molecule has 1 rings (SSSR count). The third-order valence-electron chi connectivity index (χ3n) is 3.82. The van der Waals surface area contributed by atoms with Crippen LogP contribution < -0.4 is 10.6 Å². The fourth-order valence-electron chi connectivity index (χ4n) is 2.23. The number of urea groups is 1. The lowest BCUT2D eigenvalue weighted by Crippen LogP contribution is -2.66. The zero-order valence-electron chi connectivity index (χ0n) is 13.3. The van der Waals surface area contributed by atoms with Crippen molar-refractivity contribution >= 4 is 17.9 Å². The molecule has 1 aliphatic rings. The first kappa shape index (κ1) is 17.3. The smallest absolute Gasteiger partial charge is 0.318 e. The van der Waals surface area contributed by atoms with Crippen LogP contribution in [0.3, 0.4) is 0 Å². The Labute approximate surface area is 125 Å². The number of amides is 3. The molecule has 1 heterocycles. The Morgan fingerprint density at radius 3 is 2.48 bits per heavy atom. The first-order chi connectivity index (χ1) is 9.46. The van der Waals surface area contributed by atoms with Crippen molar-refractivity contribution in [1.82, 2.24) is 15.5 Å². The van der Waals surface area contributed by atoms with Crippen LogP contribution in [-0.2, 0) is 9.59 Å². The molecule has 1 aliphatic heterocycles. The maximum Gasteiger partial charge on any atom is 0.318 e. The molecule has 0 radical (unpaired) electrons. The van der Waals surface area contributed by atoms with Crippen LogP contribution in [0.4, 0.5) is 4.79 Å². The number of hydrogen-bond donors (Lipinski definition) is 3. The van der Waals surface area contributed by atoms with E-state index < -0.39 is 29.0 Å². The minimum Gasteiger partial charge on any atom is -0.481 e. The molecule has 7 heteroatoms. The van der Waals surface area contributed by atoms with Crippen LogP contribution in [0, 0.1) is 5.41 Å². The van der Waals surface area contributed by atoms with Gasteiger partial charge in [0.05, 0.1) is 6.42 Å². The molecule has 1 fully saturated rings. The fraction of sp³-hybridized carbons (Fsp3) is 0.786. The quantitative estimate of drug-likeness (QED) is 0.717. The van der Waals surface area contributed by atoms with Gasteiger partial charge in [-0.3, -0.25) is 9.59 Å². The van der Waals surface area contributed by atoms with Gasteiger partial charge < -0.3 is 20.6 Å². The van der Waals surface area contributed by atoms with Gasteiger partial charge in [-0.2, -0.15) is 0 Å². The molecule has 1 saturated heterocycles. The summed E-state index contributed by atoms with van der Waals surface area (Å²) >= 11 is 0. The van der Waals surface area contributed by atoms with Crippen molar-refractivity contribution in [2.45, 2.75) is 52.6 Å². The average Bonchev–Trinajstić information content (AvgIpc) is 2.29. The van der Waals surface area contributed by atoms with Crippen LogP contribution in [0.5, 0.6) is 0 Å². The molecular weight excluding hydrogens is 274 g/mol. The summed E-state index contributed by atoms with van der Waals surface area (Å²) in [6, 6.07) is -0.917. The molecule has 0 aromatic rings. The van der Waals surface area contributed by atoms with Crippen LogP contribution in [0.1, 0.15) is 41.0 Å². The second kappa shape index (κ2) is 5.91. The highest BCUT2D eigenvalue weighted by Gasteiger charge is 2.41. The Morgan fingerprint density at radius 1 is 1.43 bits per heavy atom. The second-order valence-electron chi connectivity index (χ2n) is 6.93. The summed E-state index contributed by atoms with van der Waals surface area (Å²) in [6.45, 7) is 9.75. The number of nitrogens with one attached hydrogen (secondary N) is 2. The molecule has 7 nitrogen and oxygen atoms in total. The SMILES string of the molecule is CC(C)(C)C(CC(=O)O)NC(=O)N1CCNC(=O)C1(C)C. The lowest BCUT2D eigenvalue weighted by Gasteiger charge is -2.42. The van der Waals surface area contributed by atoms with E-state index in [9.17, 15) is 14.4 Å². The normalized spacial score (nSPS) is 19.7. The Kier molecular flexibility index (Phi) is 4.86. The summed E-state index contributed by atoms with van der Waals surface area (Å²) in [7, 11) is 0. The van der Waals surface area contributed by atoms with Crippen molar-refractivity contribution in [1.29, 1.82) is 0 Å². The first-order valence-corrected chi connectivity index (χ1v) is 7.04. The summed E-state index contributed by atoms with van der Waals surface area (Å²) in [5.74, 6) is -1.18. The highest BCUT2D eigenvalue weighted by molar-refractivity contribution is 5.91. The Balaban J connectivity index is 2.86. The van der Waals surface area contributed by atoms with Crippen LogP contribution in [-0.4, -0.2) is 52.6 Å². The minimum atomic E-state index is -0.967. The fourth-order valence-corrected chi connectivity index (χ4v) is 2.23. The lowest BCUT2D eigenvalue weighted by atomic mass is 9.85. The highest BCUT2D eigenvalue weighted by Crippen LogP contribution is 2.24. The maximum atomic E-state index is 12.4. The third kappa shape index (κ3) is 4.09. The van der Waals surface area contributed by atoms with Crippen molar-refractivity contribution in [3.63, 3.8) is 0 Å². The van der Waals surface area contributed by atoms with E-state index >= 15 is 0 Å². The number of hydrogen-bond acceptors (Lipinski definition) is 3. The molecular formula is C14H25N3O4. The number of rotatable bonds is 3. The molecule has 3 amide bonds. The van der Waals surface area contributed by atoms with Crippen molar-refractivity contribution in [2.75, 3.05) is 13.1 Å². The van der Waals surface area contributed by atoms with E-state index in [0.29, 0.717) is 13.1 Å². The summed E-state index contributed by atoms with van der Waals surface area (Å²) in [5, 5.41) is 14.5. The topological polar surface area (TPSA) is 98.7 Å². The molecule has 1 unspecified atom stereocenters. The number of carbonyl (C=O) groups excluding carboxylic acids is 2. The van der Waals surface area contributed by atoms with Crippen LogP contribution in [0.25, 0.3) is 0 Å². The third-order valence-corrected chi connectivity index (χ3v) is 3.82. The lowest BCUT2D eigenvalue weighted by molar-refractivity contribution is -0.138. The monoisotopic (exact) mass is 299 g/mol. The van der Waals surface area contributed by atoms with E-state index in [2.05, 4.69) is 10.6 Å². The maximum absolute atomic E-state index is 12.4. The Hall–Kier alpha value is -1.79. The van der Waals surface area contributed by atoms with Crippen molar-refractivity contribution in [3.8, 4) is 0 Å². The number of carboxylic acid groups (broad SMARTS) is 1. The summed E-state index contributed by atoms with van der Waals surface area (Å²) < 4.78 is 0. The van der Waals surface area contributed by atoms with Gasteiger partial charge in [0.15, 0.2) is 0 Å². The molecule has 120 valence electrons. The van der Waals surface area contributed by atoms with E-state index in [1.165, 1.54) is 4.90 Å². The summed E-state index contributed by atoms with van der Waals surface area (Å²) in [6.07, 6.45) is -0.157. The van der Waals surface area contributed by atoms with Crippen LogP contribution >= 0.6 is 0 Å². The van der Waals surface area contributed by atoms with Gasteiger partial charge in [-0.15, -0.1) is 0 Å². The number of carbonyl (C=O) groups is 3. The molecule has 3 N–H and O–H groups in total. The second-order valence-corrected chi connectivity index (χ2v) is 6.93.